The summed E-state index contributed by atoms with van der Waals surface area (Å²) in [7, 11) is -0.628. The summed E-state index contributed by atoms with van der Waals surface area (Å²) in [4.78, 5) is 12.7. The van der Waals surface area contributed by atoms with E-state index in [1.807, 2.05) is 0 Å². The molecule has 0 amide bonds. The molecule has 0 unspecified atom stereocenters. The van der Waals surface area contributed by atoms with E-state index in [0.29, 0.717) is 28.2 Å². The third-order valence-electron chi connectivity index (χ3n) is 4.01. The molecular weight excluding hydrogens is 372 g/mol. The quantitative estimate of drug-likeness (QED) is 0.573. The Kier molecular flexibility index (Phi) is 4.84. The molecule has 0 spiro atoms. The molecule has 0 aromatic heterocycles. The molecule has 2 aromatic carbocycles. The van der Waals surface area contributed by atoms with Crippen LogP contribution in [0.4, 0.5) is 0 Å². The number of carbonyl (C=O) groups excluding carboxylic acids is 1. The Labute approximate surface area is 157 Å². The van der Waals surface area contributed by atoms with Gasteiger partial charge in [0.1, 0.15) is 23.0 Å². The summed E-state index contributed by atoms with van der Waals surface area (Å²) in [5.41, 5.74) is 1.41. The number of carbonyl (C=O) groups is 1. The number of ether oxygens (including phenoxy) is 3. The fourth-order valence-corrected chi connectivity index (χ4v) is 3.21. The highest BCUT2D eigenvalue weighted by molar-refractivity contribution is 7.86. The minimum absolute atomic E-state index is 0.105. The van der Waals surface area contributed by atoms with Crippen LogP contribution in [-0.4, -0.2) is 34.7 Å². The summed E-state index contributed by atoms with van der Waals surface area (Å²) in [6.45, 7) is 1.63. The zero-order valence-corrected chi connectivity index (χ0v) is 16.0. The van der Waals surface area contributed by atoms with Crippen LogP contribution in [0.2, 0.25) is 0 Å². The SMILES string of the molecule is COc1ccc(C=C2Oc3c(ccc(OS(C)(=O)=O)c3C)C2=O)c(OC)c1. The molecule has 0 radical (unpaired) electrons. The lowest BCUT2D eigenvalue weighted by atomic mass is 10.1. The Morgan fingerprint density at radius 1 is 1.04 bits per heavy atom. The fourth-order valence-electron chi connectivity index (χ4n) is 2.70. The summed E-state index contributed by atoms with van der Waals surface area (Å²) in [5.74, 6) is 1.33. The van der Waals surface area contributed by atoms with Gasteiger partial charge in [0.15, 0.2) is 5.76 Å². The first kappa shape index (κ1) is 18.8. The van der Waals surface area contributed by atoms with Crippen LogP contribution in [0.15, 0.2) is 36.1 Å². The van der Waals surface area contributed by atoms with Crippen molar-refractivity contribution < 1.29 is 31.6 Å². The second-order valence-corrected chi connectivity index (χ2v) is 7.48. The monoisotopic (exact) mass is 390 g/mol. The van der Waals surface area contributed by atoms with Gasteiger partial charge in [0, 0.05) is 17.2 Å². The first-order valence-electron chi connectivity index (χ1n) is 7.93. The van der Waals surface area contributed by atoms with Gasteiger partial charge in [0.05, 0.1) is 26.0 Å². The molecule has 1 heterocycles. The van der Waals surface area contributed by atoms with Crippen LogP contribution < -0.4 is 18.4 Å². The Hall–Kier alpha value is -3.00. The van der Waals surface area contributed by atoms with E-state index in [2.05, 4.69) is 0 Å². The van der Waals surface area contributed by atoms with Gasteiger partial charge in [-0.05, 0) is 37.3 Å². The maximum absolute atomic E-state index is 12.7. The maximum Gasteiger partial charge on any atom is 0.306 e. The molecule has 27 heavy (non-hydrogen) atoms. The number of ketones is 1. The summed E-state index contributed by atoms with van der Waals surface area (Å²) in [6, 6.07) is 8.10. The third kappa shape index (κ3) is 3.75. The van der Waals surface area contributed by atoms with E-state index in [9.17, 15) is 13.2 Å². The van der Waals surface area contributed by atoms with Crippen molar-refractivity contribution in [2.24, 2.45) is 0 Å². The Morgan fingerprint density at radius 2 is 1.78 bits per heavy atom. The second-order valence-electron chi connectivity index (χ2n) is 5.90. The average molecular weight is 390 g/mol. The molecule has 8 heteroatoms. The van der Waals surface area contributed by atoms with Crippen molar-refractivity contribution in [3.05, 3.63) is 52.8 Å². The molecule has 0 saturated carbocycles. The highest BCUT2D eigenvalue weighted by Crippen LogP contribution is 2.40. The van der Waals surface area contributed by atoms with Gasteiger partial charge in [-0.1, -0.05) is 0 Å². The number of allylic oxidation sites excluding steroid dienone is 1. The van der Waals surface area contributed by atoms with Crippen molar-refractivity contribution in [2.75, 3.05) is 20.5 Å². The number of methoxy groups -OCH3 is 2. The van der Waals surface area contributed by atoms with E-state index in [1.165, 1.54) is 19.2 Å². The van der Waals surface area contributed by atoms with Crippen LogP contribution in [0.5, 0.6) is 23.0 Å². The smallest absolute Gasteiger partial charge is 0.306 e. The molecule has 7 nitrogen and oxygen atoms in total. The van der Waals surface area contributed by atoms with E-state index in [-0.39, 0.29) is 23.0 Å². The molecule has 2 aromatic rings. The zero-order valence-electron chi connectivity index (χ0n) is 15.2. The number of rotatable bonds is 5. The molecular formula is C19H18O7S. The summed E-state index contributed by atoms with van der Waals surface area (Å²) in [6.07, 6.45) is 2.52. The number of fused-ring (bicyclic) bond motifs is 1. The van der Waals surface area contributed by atoms with E-state index in [0.717, 1.165) is 6.26 Å². The van der Waals surface area contributed by atoms with Gasteiger partial charge in [-0.2, -0.15) is 8.42 Å². The molecule has 0 atom stereocenters. The van der Waals surface area contributed by atoms with E-state index in [4.69, 9.17) is 18.4 Å². The minimum atomic E-state index is -3.69. The molecule has 0 fully saturated rings. The Morgan fingerprint density at radius 3 is 2.41 bits per heavy atom. The third-order valence-corrected chi connectivity index (χ3v) is 4.49. The van der Waals surface area contributed by atoms with Gasteiger partial charge >= 0.3 is 10.1 Å². The van der Waals surface area contributed by atoms with Crippen molar-refractivity contribution in [2.45, 2.75) is 6.92 Å². The zero-order chi connectivity index (χ0) is 19.8. The van der Waals surface area contributed by atoms with Gasteiger partial charge in [0.2, 0.25) is 5.78 Å². The van der Waals surface area contributed by atoms with Crippen molar-refractivity contribution in [1.82, 2.24) is 0 Å². The van der Waals surface area contributed by atoms with Crippen LogP contribution in [0, 0.1) is 6.92 Å². The number of hydrogen-bond acceptors (Lipinski definition) is 7. The Bertz CT molecular complexity index is 1050. The largest absolute Gasteiger partial charge is 0.497 e. The van der Waals surface area contributed by atoms with Gasteiger partial charge in [-0.3, -0.25) is 4.79 Å². The minimum Gasteiger partial charge on any atom is -0.497 e. The highest BCUT2D eigenvalue weighted by atomic mass is 32.2. The van der Waals surface area contributed by atoms with Gasteiger partial charge in [-0.15, -0.1) is 0 Å². The molecule has 1 aliphatic heterocycles. The van der Waals surface area contributed by atoms with E-state index in [1.54, 1.807) is 38.3 Å². The lowest BCUT2D eigenvalue weighted by Crippen LogP contribution is -2.07. The molecule has 0 saturated heterocycles. The first-order valence-corrected chi connectivity index (χ1v) is 9.74. The van der Waals surface area contributed by atoms with E-state index >= 15 is 0 Å². The summed E-state index contributed by atoms with van der Waals surface area (Å²) >= 11 is 0. The fraction of sp³-hybridized carbons (Fsp3) is 0.211. The van der Waals surface area contributed by atoms with E-state index < -0.39 is 10.1 Å². The number of benzene rings is 2. The van der Waals surface area contributed by atoms with Crippen LogP contribution in [-0.2, 0) is 10.1 Å². The molecule has 0 bridgehead atoms. The molecule has 0 aliphatic carbocycles. The van der Waals surface area contributed by atoms with Crippen LogP contribution in [0.25, 0.3) is 6.08 Å². The van der Waals surface area contributed by atoms with Crippen LogP contribution in [0.1, 0.15) is 21.5 Å². The van der Waals surface area contributed by atoms with Crippen molar-refractivity contribution in [3.8, 4) is 23.0 Å². The standard InChI is InChI=1S/C19H18O7S/c1-11-15(26-27(4,21)22)8-7-14-18(20)17(25-19(11)14)9-12-5-6-13(23-2)10-16(12)24-3/h5-10H,1-4H3. The van der Waals surface area contributed by atoms with Gasteiger partial charge in [0.25, 0.3) is 0 Å². The molecule has 0 N–H and O–H groups in total. The molecule has 1 aliphatic rings. The summed E-state index contributed by atoms with van der Waals surface area (Å²) < 4.78 is 43.9. The van der Waals surface area contributed by atoms with Crippen LogP contribution >= 0.6 is 0 Å². The highest BCUT2D eigenvalue weighted by Gasteiger charge is 2.31. The lowest BCUT2D eigenvalue weighted by Gasteiger charge is -2.09. The Balaban J connectivity index is 2.00. The van der Waals surface area contributed by atoms with Crippen LogP contribution in [0.3, 0.4) is 0 Å². The summed E-state index contributed by atoms with van der Waals surface area (Å²) in [5, 5.41) is 0. The first-order chi connectivity index (χ1) is 12.7. The van der Waals surface area contributed by atoms with Crippen molar-refractivity contribution in [1.29, 1.82) is 0 Å². The topological polar surface area (TPSA) is 88.1 Å². The number of Topliss-reactive ketones (excluding diaryl/α,β-unsaturated/α-hetero) is 1. The van der Waals surface area contributed by atoms with Gasteiger partial charge in [-0.25, -0.2) is 0 Å². The van der Waals surface area contributed by atoms with Crippen molar-refractivity contribution in [3.63, 3.8) is 0 Å². The predicted molar refractivity (Wildman–Crippen MR) is 99.1 cm³/mol. The molecule has 3 rings (SSSR count). The normalized spacial score (nSPS) is 14.7. The maximum atomic E-state index is 12.7. The number of hydrogen-bond donors (Lipinski definition) is 0. The molecule has 142 valence electrons. The van der Waals surface area contributed by atoms with Crippen molar-refractivity contribution >= 4 is 22.0 Å². The average Bonchev–Trinajstić information content (AvgIpc) is 2.93. The predicted octanol–water partition coefficient (Wildman–Crippen LogP) is 2.97. The lowest BCUT2D eigenvalue weighted by molar-refractivity contribution is 0.101. The van der Waals surface area contributed by atoms with Gasteiger partial charge < -0.3 is 18.4 Å². The second kappa shape index (κ2) is 6.96.